The molecule has 0 radical (unpaired) electrons. The van der Waals surface area contributed by atoms with Crippen LogP contribution in [0.2, 0.25) is 0 Å². The van der Waals surface area contributed by atoms with Crippen molar-refractivity contribution in [3.05, 3.63) is 137 Å². The molecule has 5 atom stereocenters. The lowest BCUT2D eigenvalue weighted by molar-refractivity contribution is -0.156. The van der Waals surface area contributed by atoms with Crippen LogP contribution in [0.1, 0.15) is 46.6 Å². The number of ketones is 1. The van der Waals surface area contributed by atoms with E-state index < -0.39 is 22.8 Å². The molecule has 2 heterocycles. The third-order valence-corrected chi connectivity index (χ3v) is 9.79. The highest BCUT2D eigenvalue weighted by molar-refractivity contribution is 5.95. The number of para-hydroxylation sites is 1. The van der Waals surface area contributed by atoms with E-state index in [4.69, 9.17) is 4.74 Å². The minimum atomic E-state index is -1.06. The maximum Gasteiger partial charge on any atom is 0.311 e. The fourth-order valence-corrected chi connectivity index (χ4v) is 8.06. The Kier molecular flexibility index (Phi) is 6.28. The Morgan fingerprint density at radius 2 is 1.54 bits per heavy atom. The summed E-state index contributed by atoms with van der Waals surface area (Å²) in [6, 6.07) is 35.8. The van der Waals surface area contributed by atoms with Gasteiger partial charge in [-0.05, 0) is 47.6 Å². The summed E-state index contributed by atoms with van der Waals surface area (Å²) in [5.74, 6) is -0.690. The van der Waals surface area contributed by atoms with Crippen LogP contribution in [0.3, 0.4) is 0 Å². The first-order chi connectivity index (χ1) is 20.0. The van der Waals surface area contributed by atoms with Gasteiger partial charge in [-0.25, -0.2) is 0 Å². The van der Waals surface area contributed by atoms with Crippen LogP contribution in [-0.4, -0.2) is 28.4 Å². The molecule has 2 aliphatic heterocycles. The van der Waals surface area contributed by atoms with Gasteiger partial charge in [0.25, 0.3) is 0 Å². The monoisotopic (exact) mass is 543 g/mol. The summed E-state index contributed by atoms with van der Waals surface area (Å²) in [4.78, 5) is 28.0. The fourth-order valence-electron chi connectivity index (χ4n) is 8.06. The van der Waals surface area contributed by atoms with Crippen molar-refractivity contribution in [3.63, 3.8) is 0 Å². The summed E-state index contributed by atoms with van der Waals surface area (Å²) in [5, 5.41) is 14.6. The normalized spacial score (nSPS) is 27.6. The van der Waals surface area contributed by atoms with Gasteiger partial charge in [0.05, 0.1) is 11.0 Å². The van der Waals surface area contributed by atoms with Crippen LogP contribution in [0.15, 0.2) is 109 Å². The zero-order valence-corrected chi connectivity index (χ0v) is 22.8. The van der Waals surface area contributed by atoms with Crippen LogP contribution in [0.4, 0.5) is 0 Å². The molecule has 5 nitrogen and oxygen atoms in total. The standard InChI is InChI=1S/C36H33NO4/c38-31(21-26-15-8-10-18-29(26)41-23-24-11-3-1-4-12-24)36-20-19-30(37-36)35(34(39)40)22-27-16-7-9-17-28(27)32(33(35)36)25-13-5-2-6-14-25/h1-18,30,32-33,37H,19-23H2,(H,39,40). The number of fused-ring (bicyclic) bond motifs is 6. The van der Waals surface area contributed by atoms with Crippen LogP contribution in [0, 0.1) is 11.3 Å². The quantitative estimate of drug-likeness (QED) is 0.287. The van der Waals surface area contributed by atoms with Crippen LogP contribution < -0.4 is 10.1 Å². The highest BCUT2D eigenvalue weighted by atomic mass is 16.5. The van der Waals surface area contributed by atoms with Gasteiger partial charge in [0.1, 0.15) is 12.4 Å². The summed E-state index contributed by atoms with van der Waals surface area (Å²) in [6.07, 6.45) is 1.91. The molecule has 4 aromatic rings. The number of Topliss-reactive ketones (excluding diaryl/α,β-unsaturated/α-hetero) is 1. The molecule has 5 unspecified atom stereocenters. The summed E-state index contributed by atoms with van der Waals surface area (Å²) in [7, 11) is 0. The SMILES string of the molecule is O=C(Cc1ccccc1OCc1ccccc1)C12CCC(N1)C1(C(=O)O)Cc3ccccc3C(c3ccccc3)C21. The van der Waals surface area contributed by atoms with Crippen molar-refractivity contribution in [3.8, 4) is 5.75 Å². The number of carboxylic acids is 1. The number of carbonyl (C=O) groups excluding carboxylic acids is 1. The fraction of sp³-hybridized carbons (Fsp3) is 0.278. The summed E-state index contributed by atoms with van der Waals surface area (Å²) >= 11 is 0. The number of benzene rings is 4. The Morgan fingerprint density at radius 1 is 0.854 bits per heavy atom. The van der Waals surface area contributed by atoms with Gasteiger partial charge in [-0.15, -0.1) is 0 Å². The highest BCUT2D eigenvalue weighted by Gasteiger charge is 2.74. The van der Waals surface area contributed by atoms with Gasteiger partial charge in [0, 0.05) is 29.9 Å². The molecule has 0 saturated carbocycles. The predicted molar refractivity (Wildman–Crippen MR) is 157 cm³/mol. The minimum Gasteiger partial charge on any atom is -0.489 e. The van der Waals surface area contributed by atoms with Crippen molar-refractivity contribution >= 4 is 11.8 Å². The number of aliphatic carboxylic acids is 1. The Labute approximate surface area is 240 Å². The molecule has 0 spiro atoms. The van der Waals surface area contributed by atoms with Gasteiger partial charge >= 0.3 is 5.97 Å². The molecule has 0 amide bonds. The number of rotatable bonds is 8. The van der Waals surface area contributed by atoms with E-state index >= 15 is 0 Å². The van der Waals surface area contributed by atoms with Gasteiger partial charge in [-0.1, -0.05) is 103 Å². The molecule has 7 rings (SSSR count). The van der Waals surface area contributed by atoms with Crippen molar-refractivity contribution in [1.82, 2.24) is 5.32 Å². The molecule has 41 heavy (non-hydrogen) atoms. The second-order valence-electron chi connectivity index (χ2n) is 11.8. The molecular weight excluding hydrogens is 510 g/mol. The lowest BCUT2D eigenvalue weighted by atomic mass is 9.49. The lowest BCUT2D eigenvalue weighted by Gasteiger charge is -2.51. The number of ether oxygens (including phenoxy) is 1. The van der Waals surface area contributed by atoms with E-state index in [9.17, 15) is 14.7 Å². The van der Waals surface area contributed by atoms with Gasteiger partial charge < -0.3 is 15.2 Å². The number of hydrogen-bond acceptors (Lipinski definition) is 4. The Bertz CT molecular complexity index is 1600. The van der Waals surface area contributed by atoms with E-state index in [2.05, 4.69) is 29.6 Å². The first kappa shape index (κ1) is 25.7. The number of nitrogens with one attached hydrogen (secondary N) is 1. The summed E-state index contributed by atoms with van der Waals surface area (Å²) < 4.78 is 6.20. The van der Waals surface area contributed by atoms with E-state index in [0.717, 1.165) is 27.8 Å². The second-order valence-corrected chi connectivity index (χ2v) is 11.8. The average molecular weight is 544 g/mol. The molecule has 0 aromatic heterocycles. The van der Waals surface area contributed by atoms with Crippen molar-refractivity contribution in [2.45, 2.75) is 49.8 Å². The summed E-state index contributed by atoms with van der Waals surface area (Å²) in [5.41, 5.74) is 3.14. The lowest BCUT2D eigenvalue weighted by Crippen LogP contribution is -2.59. The van der Waals surface area contributed by atoms with E-state index in [1.54, 1.807) is 0 Å². The largest absolute Gasteiger partial charge is 0.489 e. The number of hydrogen-bond donors (Lipinski definition) is 2. The van der Waals surface area contributed by atoms with Gasteiger partial charge in [0.15, 0.2) is 5.78 Å². The van der Waals surface area contributed by atoms with Gasteiger partial charge in [-0.3, -0.25) is 9.59 Å². The van der Waals surface area contributed by atoms with Crippen LogP contribution in [0.5, 0.6) is 5.75 Å². The summed E-state index contributed by atoms with van der Waals surface area (Å²) in [6.45, 7) is 0.412. The molecule has 2 fully saturated rings. The van der Waals surface area contributed by atoms with E-state index in [0.29, 0.717) is 31.6 Å². The second kappa shape index (κ2) is 10.0. The number of carbonyl (C=O) groups is 2. The van der Waals surface area contributed by atoms with Crippen molar-refractivity contribution in [1.29, 1.82) is 0 Å². The topological polar surface area (TPSA) is 75.6 Å². The number of carboxylic acid groups (broad SMARTS) is 1. The van der Waals surface area contributed by atoms with Crippen molar-refractivity contribution in [2.24, 2.45) is 11.3 Å². The molecule has 2 N–H and O–H groups in total. The smallest absolute Gasteiger partial charge is 0.311 e. The molecule has 206 valence electrons. The zero-order chi connectivity index (χ0) is 28.0. The zero-order valence-electron chi connectivity index (χ0n) is 22.8. The van der Waals surface area contributed by atoms with Crippen LogP contribution in [0.25, 0.3) is 0 Å². The predicted octanol–water partition coefficient (Wildman–Crippen LogP) is 5.96. The van der Waals surface area contributed by atoms with Crippen LogP contribution in [-0.2, 0) is 29.0 Å². The average Bonchev–Trinajstić information content (AvgIpc) is 3.58. The van der Waals surface area contributed by atoms with Crippen molar-refractivity contribution < 1.29 is 19.4 Å². The van der Waals surface area contributed by atoms with E-state index in [1.165, 1.54) is 0 Å². The molecule has 4 aromatic carbocycles. The van der Waals surface area contributed by atoms with Gasteiger partial charge in [-0.2, -0.15) is 0 Å². The molecular formula is C36H33NO4. The Balaban J connectivity index is 1.29. The third kappa shape index (κ3) is 4.02. The Morgan fingerprint density at radius 3 is 2.32 bits per heavy atom. The Hall–Kier alpha value is -4.22. The highest BCUT2D eigenvalue weighted by Crippen LogP contribution is 2.64. The minimum absolute atomic E-state index is 0.0456. The molecule has 2 bridgehead atoms. The maximum atomic E-state index is 14.6. The van der Waals surface area contributed by atoms with Crippen LogP contribution >= 0.6 is 0 Å². The van der Waals surface area contributed by atoms with Gasteiger partial charge in [0.2, 0.25) is 0 Å². The van der Waals surface area contributed by atoms with E-state index in [-0.39, 0.29) is 24.2 Å². The first-order valence-corrected chi connectivity index (χ1v) is 14.4. The molecule has 2 saturated heterocycles. The maximum absolute atomic E-state index is 14.6. The molecule has 3 aliphatic rings. The van der Waals surface area contributed by atoms with E-state index in [1.807, 2.05) is 84.9 Å². The molecule has 5 heteroatoms. The van der Waals surface area contributed by atoms with Crippen molar-refractivity contribution in [2.75, 3.05) is 0 Å². The first-order valence-electron chi connectivity index (χ1n) is 14.4. The third-order valence-electron chi connectivity index (χ3n) is 9.79. The molecule has 1 aliphatic carbocycles.